The van der Waals surface area contributed by atoms with Gasteiger partial charge in [-0.1, -0.05) is 22.9 Å². The molecule has 104 valence electrons. The minimum Gasteiger partial charge on any atom is -0.327 e. The van der Waals surface area contributed by atoms with Crippen LogP contribution in [0.2, 0.25) is 0 Å². The maximum Gasteiger partial charge on any atom is 0.111 e. The number of benzene rings is 1. The van der Waals surface area contributed by atoms with Crippen LogP contribution in [0, 0.1) is 0 Å². The van der Waals surface area contributed by atoms with E-state index in [0.717, 1.165) is 34.3 Å². The molecule has 0 saturated heterocycles. The van der Waals surface area contributed by atoms with Gasteiger partial charge in [0.15, 0.2) is 0 Å². The third kappa shape index (κ3) is 3.58. The van der Waals surface area contributed by atoms with E-state index in [1.807, 2.05) is 25.1 Å². The van der Waals surface area contributed by atoms with Crippen LogP contribution in [0.3, 0.4) is 0 Å². The van der Waals surface area contributed by atoms with Gasteiger partial charge in [0.1, 0.15) is 5.82 Å². The third-order valence-corrected chi connectivity index (χ3v) is 4.94. The number of rotatable bonds is 6. The number of hydrogen-bond donors (Lipinski definition) is 0. The van der Waals surface area contributed by atoms with Gasteiger partial charge in [0, 0.05) is 45.6 Å². The van der Waals surface area contributed by atoms with Gasteiger partial charge >= 0.3 is 0 Å². The largest absolute Gasteiger partial charge is 0.327 e. The van der Waals surface area contributed by atoms with E-state index in [9.17, 15) is 4.21 Å². The van der Waals surface area contributed by atoms with Crippen molar-refractivity contribution in [3.8, 4) is 0 Å². The van der Waals surface area contributed by atoms with Crippen LogP contribution in [0.1, 0.15) is 12.7 Å². The maximum atomic E-state index is 11.6. The summed E-state index contributed by atoms with van der Waals surface area (Å²) in [6.45, 7) is 2.67. The molecule has 2 rings (SSSR count). The standard InChI is InChI=1S/C13H16BrClN2OS/c1-2-19(18)8-7-17-12-4-3-10(14)9-11(12)16-13(17)5-6-15/h3-4,9H,2,5-8H2,1H3. The first-order valence-electron chi connectivity index (χ1n) is 6.21. The molecule has 0 radical (unpaired) electrons. The Hall–Kier alpha value is -0.390. The lowest BCUT2D eigenvalue weighted by Crippen LogP contribution is -2.12. The Morgan fingerprint density at radius 1 is 1.47 bits per heavy atom. The quantitative estimate of drug-likeness (QED) is 0.738. The van der Waals surface area contributed by atoms with Crippen LogP contribution in [0.5, 0.6) is 0 Å². The zero-order chi connectivity index (χ0) is 13.8. The number of alkyl halides is 1. The molecule has 0 aliphatic heterocycles. The van der Waals surface area contributed by atoms with E-state index in [1.54, 1.807) is 0 Å². The fourth-order valence-electron chi connectivity index (χ4n) is 2.02. The Labute approximate surface area is 128 Å². The van der Waals surface area contributed by atoms with Gasteiger partial charge in [0.2, 0.25) is 0 Å². The molecule has 3 nitrogen and oxygen atoms in total. The summed E-state index contributed by atoms with van der Waals surface area (Å²) >= 11 is 9.29. The van der Waals surface area contributed by atoms with Crippen molar-refractivity contribution in [2.45, 2.75) is 19.9 Å². The van der Waals surface area contributed by atoms with Gasteiger partial charge in [-0.05, 0) is 18.2 Å². The van der Waals surface area contributed by atoms with Crippen molar-refractivity contribution < 1.29 is 4.21 Å². The Bertz CT molecular complexity index is 600. The molecule has 0 aliphatic rings. The SMILES string of the molecule is CCS(=O)CCn1c(CCCl)nc2cc(Br)ccc21. The summed E-state index contributed by atoms with van der Waals surface area (Å²) in [7, 11) is -0.762. The summed E-state index contributed by atoms with van der Waals surface area (Å²) < 4.78 is 14.8. The molecule has 0 amide bonds. The fourth-order valence-corrected chi connectivity index (χ4v) is 3.21. The lowest BCUT2D eigenvalue weighted by Gasteiger charge is -2.07. The van der Waals surface area contributed by atoms with E-state index in [1.165, 1.54) is 0 Å². The van der Waals surface area contributed by atoms with Gasteiger partial charge in [-0.25, -0.2) is 4.98 Å². The highest BCUT2D eigenvalue weighted by Crippen LogP contribution is 2.21. The number of halogens is 2. The van der Waals surface area contributed by atoms with Crippen molar-refractivity contribution in [2.75, 3.05) is 17.4 Å². The monoisotopic (exact) mass is 362 g/mol. The van der Waals surface area contributed by atoms with Crippen LogP contribution < -0.4 is 0 Å². The Morgan fingerprint density at radius 2 is 2.26 bits per heavy atom. The predicted octanol–water partition coefficient (Wildman–Crippen LogP) is 3.35. The zero-order valence-corrected chi connectivity index (χ0v) is 13.9. The summed E-state index contributed by atoms with van der Waals surface area (Å²) in [6.07, 6.45) is 0.729. The third-order valence-electron chi connectivity index (χ3n) is 2.97. The molecule has 2 aromatic rings. The van der Waals surface area contributed by atoms with E-state index >= 15 is 0 Å². The number of imidazole rings is 1. The van der Waals surface area contributed by atoms with E-state index in [4.69, 9.17) is 11.6 Å². The predicted molar refractivity (Wildman–Crippen MR) is 85.4 cm³/mol. The second kappa shape index (κ2) is 6.86. The molecule has 1 aromatic carbocycles. The van der Waals surface area contributed by atoms with Crippen molar-refractivity contribution in [3.63, 3.8) is 0 Å². The lowest BCUT2D eigenvalue weighted by atomic mass is 10.3. The number of aromatic nitrogens is 2. The van der Waals surface area contributed by atoms with Gasteiger partial charge in [-0.15, -0.1) is 11.6 Å². The Balaban J connectivity index is 2.37. The van der Waals surface area contributed by atoms with Crippen LogP contribution in [-0.2, 0) is 23.8 Å². The molecular weight excluding hydrogens is 348 g/mol. The molecule has 1 atom stereocenters. The van der Waals surface area contributed by atoms with Crippen molar-refractivity contribution in [3.05, 3.63) is 28.5 Å². The van der Waals surface area contributed by atoms with E-state index in [2.05, 4.69) is 25.5 Å². The molecule has 6 heteroatoms. The second-order valence-electron chi connectivity index (χ2n) is 4.18. The summed E-state index contributed by atoms with van der Waals surface area (Å²) in [5, 5.41) is 0. The van der Waals surface area contributed by atoms with Gasteiger partial charge < -0.3 is 4.57 Å². The number of aryl methyl sites for hydroxylation is 2. The first kappa shape index (κ1) is 15.0. The summed E-state index contributed by atoms with van der Waals surface area (Å²) in [5.41, 5.74) is 2.04. The summed E-state index contributed by atoms with van der Waals surface area (Å²) in [4.78, 5) is 4.62. The van der Waals surface area contributed by atoms with Gasteiger partial charge in [0.05, 0.1) is 11.0 Å². The van der Waals surface area contributed by atoms with Crippen LogP contribution >= 0.6 is 27.5 Å². The first-order chi connectivity index (χ1) is 9.15. The van der Waals surface area contributed by atoms with E-state index in [-0.39, 0.29) is 0 Å². The van der Waals surface area contributed by atoms with Crippen LogP contribution in [0.25, 0.3) is 11.0 Å². The fraction of sp³-hybridized carbons (Fsp3) is 0.462. The molecule has 0 saturated carbocycles. The van der Waals surface area contributed by atoms with Crippen molar-refractivity contribution >= 4 is 49.4 Å². The van der Waals surface area contributed by atoms with Crippen molar-refractivity contribution in [2.24, 2.45) is 0 Å². The molecule has 1 aromatic heterocycles. The normalized spacial score (nSPS) is 13.0. The molecule has 0 bridgehead atoms. The molecule has 1 unspecified atom stereocenters. The summed E-state index contributed by atoms with van der Waals surface area (Å²) in [6, 6.07) is 6.04. The number of nitrogens with zero attached hydrogens (tertiary/aromatic N) is 2. The molecule has 0 spiro atoms. The smallest absolute Gasteiger partial charge is 0.111 e. The van der Waals surface area contributed by atoms with Gasteiger partial charge in [-0.3, -0.25) is 4.21 Å². The minimum absolute atomic E-state index is 0.543. The van der Waals surface area contributed by atoms with E-state index in [0.29, 0.717) is 17.4 Å². The molecule has 19 heavy (non-hydrogen) atoms. The molecule has 0 aliphatic carbocycles. The number of fused-ring (bicyclic) bond motifs is 1. The second-order valence-corrected chi connectivity index (χ2v) is 7.34. The highest BCUT2D eigenvalue weighted by Gasteiger charge is 2.11. The van der Waals surface area contributed by atoms with Crippen LogP contribution in [0.4, 0.5) is 0 Å². The molecule has 1 heterocycles. The maximum absolute atomic E-state index is 11.6. The summed E-state index contributed by atoms with van der Waals surface area (Å²) in [5.74, 6) is 2.87. The average molecular weight is 364 g/mol. The lowest BCUT2D eigenvalue weighted by molar-refractivity contribution is 0.671. The highest BCUT2D eigenvalue weighted by molar-refractivity contribution is 9.10. The average Bonchev–Trinajstić information content (AvgIpc) is 2.73. The van der Waals surface area contributed by atoms with Crippen LogP contribution in [-0.4, -0.2) is 31.1 Å². The van der Waals surface area contributed by atoms with E-state index < -0.39 is 10.8 Å². The van der Waals surface area contributed by atoms with Crippen molar-refractivity contribution in [1.29, 1.82) is 0 Å². The molecule has 0 fully saturated rings. The van der Waals surface area contributed by atoms with Crippen LogP contribution in [0.15, 0.2) is 22.7 Å². The van der Waals surface area contributed by atoms with Gasteiger partial charge in [0.25, 0.3) is 0 Å². The topological polar surface area (TPSA) is 34.9 Å². The highest BCUT2D eigenvalue weighted by atomic mass is 79.9. The zero-order valence-electron chi connectivity index (χ0n) is 10.7. The molecular formula is C13H16BrClN2OS. The Kier molecular flexibility index (Phi) is 5.42. The minimum atomic E-state index is -0.762. The number of hydrogen-bond acceptors (Lipinski definition) is 2. The Morgan fingerprint density at radius 3 is 2.95 bits per heavy atom. The first-order valence-corrected chi connectivity index (χ1v) is 9.03. The molecule has 0 N–H and O–H groups in total. The van der Waals surface area contributed by atoms with Gasteiger partial charge in [-0.2, -0.15) is 0 Å². The van der Waals surface area contributed by atoms with Crippen molar-refractivity contribution in [1.82, 2.24) is 9.55 Å².